The fourth-order valence-corrected chi connectivity index (χ4v) is 9.01. The van der Waals surface area contributed by atoms with Crippen LogP contribution in [-0.2, 0) is 0 Å². The van der Waals surface area contributed by atoms with Gasteiger partial charge in [0, 0.05) is 33.5 Å². The Morgan fingerprint density at radius 1 is 0.283 bits per heavy atom. The summed E-state index contributed by atoms with van der Waals surface area (Å²) in [5, 5.41) is 4.95. The fraction of sp³-hybridized carbons (Fsp3) is 0. The van der Waals surface area contributed by atoms with Crippen molar-refractivity contribution >= 4 is 49.6 Å². The molecule has 0 amide bonds. The highest BCUT2D eigenvalue weighted by atomic mass is 15.1. The summed E-state index contributed by atoms with van der Waals surface area (Å²) in [5.41, 5.74) is 16.4. The summed E-state index contributed by atoms with van der Waals surface area (Å²) in [5.74, 6) is 0. The van der Waals surface area contributed by atoms with Gasteiger partial charge < -0.3 is 9.47 Å². The highest BCUT2D eigenvalue weighted by Gasteiger charge is 2.21. The Kier molecular flexibility index (Phi) is 8.87. The Morgan fingerprint density at radius 2 is 0.783 bits per heavy atom. The molecule has 0 unspecified atom stereocenters. The molecule has 0 aliphatic rings. The van der Waals surface area contributed by atoms with Crippen LogP contribution in [0.1, 0.15) is 0 Å². The van der Waals surface area contributed by atoms with Gasteiger partial charge in [0.1, 0.15) is 0 Å². The Balaban J connectivity index is 1.11. The van der Waals surface area contributed by atoms with E-state index in [0.717, 1.165) is 28.3 Å². The van der Waals surface area contributed by atoms with Crippen LogP contribution in [0.15, 0.2) is 243 Å². The van der Waals surface area contributed by atoms with Gasteiger partial charge in [-0.15, -0.1) is 0 Å². The van der Waals surface area contributed by atoms with E-state index in [4.69, 9.17) is 0 Å². The van der Waals surface area contributed by atoms with Crippen molar-refractivity contribution in [1.82, 2.24) is 4.57 Å². The number of rotatable bonds is 8. The predicted octanol–water partition coefficient (Wildman–Crippen LogP) is 16.1. The van der Waals surface area contributed by atoms with Gasteiger partial charge in [0.05, 0.1) is 11.0 Å². The number of benzene rings is 10. The second kappa shape index (κ2) is 15.1. The first-order valence-corrected chi connectivity index (χ1v) is 20.6. The maximum atomic E-state index is 2.43. The molecule has 0 saturated heterocycles. The topological polar surface area (TPSA) is 8.17 Å². The summed E-state index contributed by atoms with van der Waals surface area (Å²) in [7, 11) is 0. The molecule has 1 aromatic heterocycles. The molecule has 282 valence electrons. The van der Waals surface area contributed by atoms with Gasteiger partial charge in [-0.25, -0.2) is 0 Å². The number of hydrogen-bond donors (Lipinski definition) is 0. The number of fused-ring (bicyclic) bond motifs is 4. The minimum atomic E-state index is 1.08. The van der Waals surface area contributed by atoms with Crippen LogP contribution in [0, 0.1) is 0 Å². The zero-order valence-electron chi connectivity index (χ0n) is 33.0. The fourth-order valence-electron chi connectivity index (χ4n) is 9.01. The molecule has 1 heterocycles. The van der Waals surface area contributed by atoms with E-state index in [1.54, 1.807) is 0 Å². The summed E-state index contributed by atoms with van der Waals surface area (Å²) in [6.45, 7) is 0. The van der Waals surface area contributed by atoms with E-state index >= 15 is 0 Å². The van der Waals surface area contributed by atoms with Crippen molar-refractivity contribution in [1.29, 1.82) is 0 Å². The van der Waals surface area contributed by atoms with Gasteiger partial charge in [-0.1, -0.05) is 188 Å². The summed E-state index contributed by atoms with van der Waals surface area (Å²) in [6.07, 6.45) is 0. The van der Waals surface area contributed by atoms with Gasteiger partial charge in [0.2, 0.25) is 0 Å². The van der Waals surface area contributed by atoms with E-state index in [9.17, 15) is 0 Å². The monoisotopic (exact) mass is 764 g/mol. The molecule has 2 heteroatoms. The third-order valence-corrected chi connectivity index (χ3v) is 11.8. The van der Waals surface area contributed by atoms with E-state index in [-0.39, 0.29) is 0 Å². The van der Waals surface area contributed by atoms with E-state index < -0.39 is 0 Å². The summed E-state index contributed by atoms with van der Waals surface area (Å²) in [4.78, 5) is 2.39. The SMILES string of the molecule is c1ccc(-c2ccc(N(c3ccc(-c4cccc5ccccc45)cc3)c3ccc4c5c(-c6ccccc6-c6ccccc6)cccc5n(-c5ccccc5)c4c3)cc2)cc1. The third kappa shape index (κ3) is 6.23. The Hall–Kier alpha value is -7.94. The van der Waals surface area contributed by atoms with Gasteiger partial charge in [-0.3, -0.25) is 0 Å². The lowest BCUT2D eigenvalue weighted by Crippen LogP contribution is -2.10. The highest BCUT2D eigenvalue weighted by molar-refractivity contribution is 6.17. The maximum absolute atomic E-state index is 2.43. The average Bonchev–Trinajstić information content (AvgIpc) is 3.67. The van der Waals surface area contributed by atoms with Crippen molar-refractivity contribution in [3.63, 3.8) is 0 Å². The first-order chi connectivity index (χ1) is 29.8. The molecule has 0 spiro atoms. The minimum Gasteiger partial charge on any atom is -0.310 e. The first-order valence-electron chi connectivity index (χ1n) is 20.6. The number of aromatic nitrogens is 1. The zero-order valence-corrected chi connectivity index (χ0v) is 33.0. The normalized spacial score (nSPS) is 11.3. The van der Waals surface area contributed by atoms with Crippen LogP contribution in [0.25, 0.3) is 82.8 Å². The molecule has 0 aliphatic carbocycles. The average molecular weight is 765 g/mol. The van der Waals surface area contributed by atoms with E-state index in [1.165, 1.54) is 71.6 Å². The largest absolute Gasteiger partial charge is 0.310 e. The molecule has 0 saturated carbocycles. The summed E-state index contributed by atoms with van der Waals surface area (Å²) in [6, 6.07) is 87.8. The van der Waals surface area contributed by atoms with E-state index in [2.05, 4.69) is 252 Å². The van der Waals surface area contributed by atoms with Crippen LogP contribution in [-0.4, -0.2) is 4.57 Å². The maximum Gasteiger partial charge on any atom is 0.0562 e. The molecular weight excluding hydrogens is 725 g/mol. The van der Waals surface area contributed by atoms with Crippen LogP contribution in [0.4, 0.5) is 17.1 Å². The highest BCUT2D eigenvalue weighted by Crippen LogP contribution is 2.45. The van der Waals surface area contributed by atoms with Gasteiger partial charge >= 0.3 is 0 Å². The minimum absolute atomic E-state index is 1.08. The molecule has 0 bridgehead atoms. The van der Waals surface area contributed by atoms with Crippen molar-refractivity contribution in [2.75, 3.05) is 4.90 Å². The van der Waals surface area contributed by atoms with Crippen LogP contribution < -0.4 is 4.90 Å². The molecule has 11 aromatic rings. The lowest BCUT2D eigenvalue weighted by atomic mass is 9.92. The smallest absolute Gasteiger partial charge is 0.0562 e. The van der Waals surface area contributed by atoms with Crippen LogP contribution in [0.3, 0.4) is 0 Å². The van der Waals surface area contributed by atoms with E-state index in [0.29, 0.717) is 0 Å². The zero-order chi connectivity index (χ0) is 39.8. The second-order valence-corrected chi connectivity index (χ2v) is 15.3. The Labute approximate surface area is 350 Å². The van der Waals surface area contributed by atoms with Crippen LogP contribution in [0.5, 0.6) is 0 Å². The molecular formula is C58H40N2. The summed E-state index contributed by atoms with van der Waals surface area (Å²) >= 11 is 0. The van der Waals surface area contributed by atoms with Gasteiger partial charge in [0.25, 0.3) is 0 Å². The quantitative estimate of drug-likeness (QED) is 0.150. The number of hydrogen-bond acceptors (Lipinski definition) is 1. The third-order valence-electron chi connectivity index (χ3n) is 11.8. The van der Waals surface area contributed by atoms with Crippen molar-refractivity contribution in [3.8, 4) is 50.2 Å². The molecule has 11 rings (SSSR count). The molecule has 0 radical (unpaired) electrons. The van der Waals surface area contributed by atoms with Gasteiger partial charge in [-0.05, 0) is 110 Å². The molecule has 0 aliphatic heterocycles. The van der Waals surface area contributed by atoms with Gasteiger partial charge in [0.15, 0.2) is 0 Å². The van der Waals surface area contributed by atoms with Crippen molar-refractivity contribution in [3.05, 3.63) is 243 Å². The van der Waals surface area contributed by atoms with Crippen molar-refractivity contribution < 1.29 is 0 Å². The number of nitrogens with zero attached hydrogens (tertiary/aromatic N) is 2. The molecule has 0 N–H and O–H groups in total. The van der Waals surface area contributed by atoms with Gasteiger partial charge in [-0.2, -0.15) is 0 Å². The first kappa shape index (κ1) is 35.2. The summed E-state index contributed by atoms with van der Waals surface area (Å²) < 4.78 is 2.43. The molecule has 10 aromatic carbocycles. The number of para-hydroxylation sites is 1. The number of anilines is 3. The molecule has 0 fully saturated rings. The lowest BCUT2D eigenvalue weighted by molar-refractivity contribution is 1.18. The Morgan fingerprint density at radius 3 is 1.52 bits per heavy atom. The second-order valence-electron chi connectivity index (χ2n) is 15.3. The van der Waals surface area contributed by atoms with E-state index in [1.807, 2.05) is 0 Å². The van der Waals surface area contributed by atoms with Crippen molar-refractivity contribution in [2.45, 2.75) is 0 Å². The Bertz CT molecular complexity index is 3270. The van der Waals surface area contributed by atoms with Crippen LogP contribution in [0.2, 0.25) is 0 Å². The molecule has 60 heavy (non-hydrogen) atoms. The van der Waals surface area contributed by atoms with Crippen LogP contribution >= 0.6 is 0 Å². The molecule has 0 atom stereocenters. The lowest BCUT2D eigenvalue weighted by Gasteiger charge is -2.26. The predicted molar refractivity (Wildman–Crippen MR) is 255 cm³/mol. The standard InChI is InChI=1S/C58H40N2/c1-4-16-41(17-5-1)42-30-34-47(35-31-42)59(48-36-32-45(33-37-48)51-27-14-21-44-20-10-11-24-50(44)51)49-38-39-55-57(40-49)60(46-22-8-3-9-23-46)56-29-15-28-54(58(55)56)53-26-13-12-25-52(53)43-18-6-2-7-19-43/h1-40H. The molecule has 2 nitrogen and oxygen atoms in total. The van der Waals surface area contributed by atoms with Crippen molar-refractivity contribution in [2.24, 2.45) is 0 Å².